The Balaban J connectivity index is 0.00000225. The van der Waals surface area contributed by atoms with Crippen LogP contribution in [0.15, 0.2) is 17.1 Å². The average molecular weight is 462 g/mol. The van der Waals surface area contributed by atoms with Crippen LogP contribution in [0.3, 0.4) is 0 Å². The van der Waals surface area contributed by atoms with Gasteiger partial charge in [-0.3, -0.25) is 19.5 Å². The maximum Gasteiger partial charge on any atom is 0.233 e. The molecule has 2 N–H and O–H groups in total. The van der Waals surface area contributed by atoms with Crippen LogP contribution < -0.4 is 10.6 Å². The summed E-state index contributed by atoms with van der Waals surface area (Å²) in [5.41, 5.74) is 0. The molecule has 0 aromatic heterocycles. The number of imide groups is 1. The fourth-order valence-electron chi connectivity index (χ4n) is 4.11. The molecule has 0 aromatic rings. The van der Waals surface area contributed by atoms with E-state index in [4.69, 9.17) is 4.74 Å². The van der Waals surface area contributed by atoms with Crippen molar-refractivity contribution in [2.75, 3.05) is 40.4 Å². The Morgan fingerprint density at radius 2 is 1.80 bits per heavy atom. The van der Waals surface area contributed by atoms with Crippen LogP contribution in [0.25, 0.3) is 0 Å². The topological polar surface area (TPSA) is 83.0 Å². The van der Waals surface area contributed by atoms with Crippen LogP contribution in [0.5, 0.6) is 0 Å². The van der Waals surface area contributed by atoms with E-state index in [-0.39, 0.29) is 59.5 Å². The third-order valence-corrected chi connectivity index (χ3v) is 5.23. The van der Waals surface area contributed by atoms with Crippen molar-refractivity contribution in [3.05, 3.63) is 12.2 Å². The first kappa shape index (κ1) is 20.2. The highest BCUT2D eigenvalue weighted by atomic mass is 127. The SMILES string of the molecule is CN=C(NCCCOC)NCCN1C(=O)C2C3C=CC(C3)C2C1=O.I. The minimum atomic E-state index is -0.112. The molecule has 1 aliphatic heterocycles. The van der Waals surface area contributed by atoms with Crippen LogP contribution >= 0.6 is 24.0 Å². The van der Waals surface area contributed by atoms with Crippen LogP contribution in [0, 0.1) is 23.7 Å². The van der Waals surface area contributed by atoms with Gasteiger partial charge in [0, 0.05) is 40.4 Å². The molecule has 8 heteroatoms. The number of allylic oxidation sites excluding steroid dienone is 2. The molecule has 140 valence electrons. The summed E-state index contributed by atoms with van der Waals surface area (Å²) in [6, 6.07) is 0. The van der Waals surface area contributed by atoms with E-state index < -0.39 is 0 Å². The standard InChI is InChI=1S/C17H26N4O3.HI/c1-18-17(19-6-3-9-24-2)20-7-8-21-15(22)13-11-4-5-12(10-11)14(13)16(21)23;/h4-5,11-14H,3,6-10H2,1-2H3,(H2,18,19,20);1H. The lowest BCUT2D eigenvalue weighted by atomic mass is 9.85. The molecule has 7 nitrogen and oxygen atoms in total. The van der Waals surface area contributed by atoms with Crippen LogP contribution in [0.2, 0.25) is 0 Å². The van der Waals surface area contributed by atoms with Gasteiger partial charge in [0.1, 0.15) is 0 Å². The van der Waals surface area contributed by atoms with E-state index in [1.807, 2.05) is 0 Å². The first-order chi connectivity index (χ1) is 11.7. The van der Waals surface area contributed by atoms with Gasteiger partial charge in [-0.05, 0) is 24.7 Å². The first-order valence-corrected chi connectivity index (χ1v) is 8.64. The number of ether oxygens (including phenoxy) is 1. The normalized spacial score (nSPS) is 29.8. The minimum Gasteiger partial charge on any atom is -0.385 e. The third kappa shape index (κ3) is 3.99. The molecule has 2 fully saturated rings. The second-order valence-corrected chi connectivity index (χ2v) is 6.60. The molecule has 3 rings (SSSR count). The first-order valence-electron chi connectivity index (χ1n) is 8.64. The molecule has 1 saturated heterocycles. The van der Waals surface area contributed by atoms with Crippen LogP contribution in [0.1, 0.15) is 12.8 Å². The lowest BCUT2D eigenvalue weighted by molar-refractivity contribution is -0.140. The van der Waals surface area contributed by atoms with E-state index in [1.54, 1.807) is 14.2 Å². The summed E-state index contributed by atoms with van der Waals surface area (Å²) < 4.78 is 5.00. The van der Waals surface area contributed by atoms with E-state index >= 15 is 0 Å². The Labute approximate surface area is 165 Å². The van der Waals surface area contributed by atoms with E-state index in [0.717, 1.165) is 19.4 Å². The van der Waals surface area contributed by atoms with Crippen LogP contribution in [-0.4, -0.2) is 63.1 Å². The molecule has 3 aliphatic rings. The molecular formula is C17H27IN4O3. The number of aliphatic imine (C=N–C) groups is 1. The van der Waals surface area contributed by atoms with Crippen molar-refractivity contribution in [1.29, 1.82) is 0 Å². The number of nitrogens with zero attached hydrogens (tertiary/aromatic N) is 2. The van der Waals surface area contributed by atoms with Gasteiger partial charge in [-0.1, -0.05) is 12.2 Å². The van der Waals surface area contributed by atoms with Gasteiger partial charge < -0.3 is 15.4 Å². The van der Waals surface area contributed by atoms with Gasteiger partial charge in [-0.15, -0.1) is 24.0 Å². The van der Waals surface area contributed by atoms with Crippen molar-refractivity contribution in [3.63, 3.8) is 0 Å². The van der Waals surface area contributed by atoms with E-state index in [9.17, 15) is 9.59 Å². The van der Waals surface area contributed by atoms with Crippen LogP contribution in [0.4, 0.5) is 0 Å². The lowest BCUT2D eigenvalue weighted by Gasteiger charge is -2.18. The predicted octanol–water partition coefficient (Wildman–Crippen LogP) is 0.613. The van der Waals surface area contributed by atoms with E-state index in [0.29, 0.717) is 25.7 Å². The van der Waals surface area contributed by atoms with Crippen molar-refractivity contribution < 1.29 is 14.3 Å². The highest BCUT2D eigenvalue weighted by molar-refractivity contribution is 14.0. The Morgan fingerprint density at radius 3 is 2.36 bits per heavy atom. The van der Waals surface area contributed by atoms with Gasteiger partial charge in [-0.2, -0.15) is 0 Å². The Hall–Kier alpha value is -1.16. The molecule has 0 spiro atoms. The van der Waals surface area contributed by atoms with Gasteiger partial charge in [-0.25, -0.2) is 0 Å². The third-order valence-electron chi connectivity index (χ3n) is 5.23. The molecule has 1 heterocycles. The number of carbonyl (C=O) groups excluding carboxylic acids is 2. The number of rotatable bonds is 7. The summed E-state index contributed by atoms with van der Waals surface area (Å²) in [4.78, 5) is 30.7. The summed E-state index contributed by atoms with van der Waals surface area (Å²) in [6.45, 7) is 2.35. The summed E-state index contributed by atoms with van der Waals surface area (Å²) >= 11 is 0. The number of guanidine groups is 1. The van der Waals surface area contributed by atoms with Gasteiger partial charge >= 0.3 is 0 Å². The van der Waals surface area contributed by atoms with Gasteiger partial charge in [0.05, 0.1) is 11.8 Å². The number of amides is 2. The number of fused-ring (bicyclic) bond motifs is 5. The zero-order valence-electron chi connectivity index (χ0n) is 14.7. The van der Waals surface area contributed by atoms with E-state index in [2.05, 4.69) is 27.8 Å². The molecule has 2 aliphatic carbocycles. The summed E-state index contributed by atoms with van der Waals surface area (Å²) in [5, 5.41) is 6.33. The minimum absolute atomic E-state index is 0. The second-order valence-electron chi connectivity index (χ2n) is 6.60. The number of likely N-dealkylation sites (tertiary alicyclic amines) is 1. The quantitative estimate of drug-likeness (QED) is 0.145. The molecule has 2 amide bonds. The maximum atomic E-state index is 12.6. The fourth-order valence-corrected chi connectivity index (χ4v) is 4.11. The van der Waals surface area contributed by atoms with Crippen molar-refractivity contribution in [1.82, 2.24) is 15.5 Å². The van der Waals surface area contributed by atoms with Crippen molar-refractivity contribution in [3.8, 4) is 0 Å². The monoisotopic (exact) mass is 462 g/mol. The number of hydrogen-bond donors (Lipinski definition) is 2. The summed E-state index contributed by atoms with van der Waals surface area (Å²) in [6.07, 6.45) is 6.09. The zero-order valence-corrected chi connectivity index (χ0v) is 17.1. The van der Waals surface area contributed by atoms with Crippen molar-refractivity contribution in [2.24, 2.45) is 28.7 Å². The van der Waals surface area contributed by atoms with Crippen molar-refractivity contribution in [2.45, 2.75) is 12.8 Å². The Bertz CT molecular complexity index is 536. The average Bonchev–Trinajstić information content (AvgIpc) is 3.26. The predicted molar refractivity (Wildman–Crippen MR) is 106 cm³/mol. The molecular weight excluding hydrogens is 435 g/mol. The molecule has 0 aromatic carbocycles. The highest BCUT2D eigenvalue weighted by Gasteiger charge is 2.58. The van der Waals surface area contributed by atoms with Crippen LogP contribution in [-0.2, 0) is 14.3 Å². The maximum absolute atomic E-state index is 12.6. The zero-order chi connectivity index (χ0) is 17.1. The smallest absolute Gasteiger partial charge is 0.233 e. The molecule has 0 radical (unpaired) electrons. The molecule has 25 heavy (non-hydrogen) atoms. The van der Waals surface area contributed by atoms with E-state index in [1.165, 1.54) is 4.90 Å². The molecule has 4 unspecified atom stereocenters. The molecule has 2 bridgehead atoms. The number of methoxy groups -OCH3 is 1. The second kappa shape index (κ2) is 8.98. The number of carbonyl (C=O) groups is 2. The Morgan fingerprint density at radius 1 is 1.20 bits per heavy atom. The highest BCUT2D eigenvalue weighted by Crippen LogP contribution is 2.52. The fraction of sp³-hybridized carbons (Fsp3) is 0.706. The number of halogens is 1. The Kier molecular flexibility index (Phi) is 7.24. The van der Waals surface area contributed by atoms with Gasteiger partial charge in [0.15, 0.2) is 5.96 Å². The summed E-state index contributed by atoms with van der Waals surface area (Å²) in [7, 11) is 3.37. The molecule has 1 saturated carbocycles. The number of hydrogen-bond acceptors (Lipinski definition) is 4. The summed E-state index contributed by atoms with van der Waals surface area (Å²) in [5.74, 6) is 0.998. The number of nitrogens with one attached hydrogen (secondary N) is 2. The largest absolute Gasteiger partial charge is 0.385 e. The van der Waals surface area contributed by atoms with Gasteiger partial charge in [0.25, 0.3) is 0 Å². The lowest BCUT2D eigenvalue weighted by Crippen LogP contribution is -2.44. The van der Waals surface area contributed by atoms with Gasteiger partial charge in [0.2, 0.25) is 11.8 Å². The molecule has 4 atom stereocenters. The van der Waals surface area contributed by atoms with Crippen molar-refractivity contribution >= 4 is 41.8 Å².